The van der Waals surface area contributed by atoms with Crippen LogP contribution in [0.3, 0.4) is 0 Å². The highest BCUT2D eigenvalue weighted by Crippen LogP contribution is 2.27. The number of carbonyl (C=O) groups is 1. The van der Waals surface area contributed by atoms with Crippen LogP contribution in [0.15, 0.2) is 67.0 Å². The number of benzene rings is 2. The summed E-state index contributed by atoms with van der Waals surface area (Å²) in [6.45, 7) is 4.20. The molecule has 0 atom stereocenters. The molecule has 7 nitrogen and oxygen atoms in total. The SMILES string of the molecule is COc1ccnc(N2CCN(C(=O)Cn3cc(-c4ccc(F)c(C)c4)nc3-c3ccc(F)cc3)CC2)c1. The van der Waals surface area contributed by atoms with Crippen molar-refractivity contribution in [2.45, 2.75) is 13.5 Å². The van der Waals surface area contributed by atoms with Crippen LogP contribution in [-0.2, 0) is 11.3 Å². The minimum absolute atomic E-state index is 0.0409. The Bertz CT molecular complexity index is 1410. The molecule has 190 valence electrons. The lowest BCUT2D eigenvalue weighted by molar-refractivity contribution is -0.132. The summed E-state index contributed by atoms with van der Waals surface area (Å²) in [6, 6.07) is 14.5. The maximum atomic E-state index is 13.8. The van der Waals surface area contributed by atoms with Crippen LogP contribution in [0.1, 0.15) is 5.56 Å². The van der Waals surface area contributed by atoms with Crippen LogP contribution in [0.2, 0.25) is 0 Å². The van der Waals surface area contributed by atoms with Crippen LogP contribution in [0.25, 0.3) is 22.6 Å². The summed E-state index contributed by atoms with van der Waals surface area (Å²) in [7, 11) is 1.62. The lowest BCUT2D eigenvalue weighted by Gasteiger charge is -2.35. The van der Waals surface area contributed by atoms with Crippen molar-refractivity contribution in [2.75, 3.05) is 38.2 Å². The quantitative estimate of drug-likeness (QED) is 0.386. The molecule has 0 aliphatic carbocycles. The molecular formula is C28H27F2N5O2. The Morgan fingerprint density at radius 1 is 0.973 bits per heavy atom. The minimum atomic E-state index is -0.351. The van der Waals surface area contributed by atoms with E-state index in [0.717, 1.165) is 17.1 Å². The first-order valence-corrected chi connectivity index (χ1v) is 12.0. The van der Waals surface area contributed by atoms with Gasteiger partial charge in [-0.05, 0) is 61.0 Å². The van der Waals surface area contributed by atoms with Crippen molar-refractivity contribution in [2.24, 2.45) is 0 Å². The van der Waals surface area contributed by atoms with Crippen LogP contribution < -0.4 is 9.64 Å². The fourth-order valence-electron chi connectivity index (χ4n) is 4.44. The Morgan fingerprint density at radius 3 is 2.41 bits per heavy atom. The highest BCUT2D eigenvalue weighted by atomic mass is 19.1. The summed E-state index contributed by atoms with van der Waals surface area (Å²) in [5, 5.41) is 0. The number of halogens is 2. The number of pyridine rings is 1. The van der Waals surface area contributed by atoms with Crippen molar-refractivity contribution in [3.05, 3.63) is 84.2 Å². The average molecular weight is 504 g/mol. The first kappa shape index (κ1) is 24.4. The van der Waals surface area contributed by atoms with Gasteiger partial charge in [0.1, 0.15) is 35.6 Å². The van der Waals surface area contributed by atoms with Gasteiger partial charge in [0.15, 0.2) is 0 Å². The molecule has 0 bridgehead atoms. The van der Waals surface area contributed by atoms with Crippen LogP contribution in [0.5, 0.6) is 5.75 Å². The topological polar surface area (TPSA) is 63.5 Å². The molecule has 0 saturated carbocycles. The zero-order valence-corrected chi connectivity index (χ0v) is 20.7. The lowest BCUT2D eigenvalue weighted by Crippen LogP contribution is -2.49. The van der Waals surface area contributed by atoms with Gasteiger partial charge in [-0.2, -0.15) is 0 Å². The second-order valence-electron chi connectivity index (χ2n) is 8.97. The van der Waals surface area contributed by atoms with Crippen molar-refractivity contribution < 1.29 is 18.3 Å². The van der Waals surface area contributed by atoms with Gasteiger partial charge in [0, 0.05) is 55.8 Å². The van der Waals surface area contributed by atoms with Crippen LogP contribution in [0.4, 0.5) is 14.6 Å². The van der Waals surface area contributed by atoms with E-state index in [1.807, 2.05) is 11.0 Å². The number of hydrogen-bond acceptors (Lipinski definition) is 5. The number of rotatable bonds is 6. The molecule has 1 aliphatic rings. The van der Waals surface area contributed by atoms with Crippen LogP contribution in [0, 0.1) is 18.6 Å². The molecule has 5 rings (SSSR count). The molecule has 1 aliphatic heterocycles. The van der Waals surface area contributed by atoms with Gasteiger partial charge in [-0.1, -0.05) is 0 Å². The second-order valence-corrected chi connectivity index (χ2v) is 8.97. The number of anilines is 1. The normalized spacial score (nSPS) is 13.6. The Kier molecular flexibility index (Phi) is 6.85. The molecule has 37 heavy (non-hydrogen) atoms. The number of amides is 1. The summed E-state index contributed by atoms with van der Waals surface area (Å²) in [4.78, 5) is 26.4. The highest BCUT2D eigenvalue weighted by Gasteiger charge is 2.24. The van der Waals surface area contributed by atoms with E-state index in [2.05, 4.69) is 9.88 Å². The average Bonchev–Trinajstić information content (AvgIpc) is 3.34. The van der Waals surface area contributed by atoms with Crippen molar-refractivity contribution in [3.8, 4) is 28.4 Å². The molecule has 1 amide bonds. The zero-order valence-electron chi connectivity index (χ0n) is 20.7. The van der Waals surface area contributed by atoms with Gasteiger partial charge in [-0.15, -0.1) is 0 Å². The minimum Gasteiger partial charge on any atom is -0.497 e. The van der Waals surface area contributed by atoms with E-state index in [1.165, 1.54) is 18.2 Å². The Hall–Kier alpha value is -4.27. The number of aromatic nitrogens is 3. The second kappa shape index (κ2) is 10.4. The van der Waals surface area contributed by atoms with Gasteiger partial charge < -0.3 is 19.1 Å². The fraction of sp³-hybridized carbons (Fsp3) is 0.250. The fourth-order valence-corrected chi connectivity index (χ4v) is 4.44. The smallest absolute Gasteiger partial charge is 0.242 e. The van der Waals surface area contributed by atoms with E-state index in [0.29, 0.717) is 48.8 Å². The van der Waals surface area contributed by atoms with E-state index in [-0.39, 0.29) is 24.1 Å². The summed E-state index contributed by atoms with van der Waals surface area (Å²) >= 11 is 0. The van der Waals surface area contributed by atoms with Crippen molar-refractivity contribution in [3.63, 3.8) is 0 Å². The number of hydrogen-bond donors (Lipinski definition) is 0. The van der Waals surface area contributed by atoms with Gasteiger partial charge in [-0.3, -0.25) is 4.79 Å². The third kappa shape index (κ3) is 5.30. The third-order valence-corrected chi connectivity index (χ3v) is 6.55. The lowest BCUT2D eigenvalue weighted by atomic mass is 10.1. The van der Waals surface area contributed by atoms with E-state index in [4.69, 9.17) is 9.72 Å². The molecule has 0 N–H and O–H groups in total. The third-order valence-electron chi connectivity index (χ3n) is 6.55. The van der Waals surface area contributed by atoms with Gasteiger partial charge in [0.25, 0.3) is 0 Å². The van der Waals surface area contributed by atoms with Crippen molar-refractivity contribution >= 4 is 11.7 Å². The Labute approximate surface area is 214 Å². The molecule has 0 radical (unpaired) electrons. The molecule has 3 heterocycles. The number of imidazole rings is 1. The Balaban J connectivity index is 1.35. The van der Waals surface area contributed by atoms with Gasteiger partial charge in [0.05, 0.1) is 12.8 Å². The zero-order chi connectivity index (χ0) is 25.9. The molecule has 4 aromatic rings. The predicted octanol–water partition coefficient (Wildman–Crippen LogP) is 4.56. The molecule has 2 aromatic carbocycles. The summed E-state index contributed by atoms with van der Waals surface area (Å²) in [5.41, 5.74) is 2.56. The van der Waals surface area contributed by atoms with Crippen LogP contribution in [-0.4, -0.2) is 58.6 Å². The van der Waals surface area contributed by atoms with Crippen molar-refractivity contribution in [1.29, 1.82) is 0 Å². The van der Waals surface area contributed by atoms with Gasteiger partial charge >= 0.3 is 0 Å². The predicted molar refractivity (Wildman–Crippen MR) is 137 cm³/mol. The maximum Gasteiger partial charge on any atom is 0.242 e. The molecule has 0 unspecified atom stereocenters. The molecule has 9 heteroatoms. The molecular weight excluding hydrogens is 476 g/mol. The largest absolute Gasteiger partial charge is 0.497 e. The Morgan fingerprint density at radius 2 is 1.70 bits per heavy atom. The summed E-state index contributed by atoms with van der Waals surface area (Å²) in [6.07, 6.45) is 3.50. The standard InChI is InChI=1S/C28H27F2N5O2/c1-19-15-21(5-8-24(19)30)25-17-35(28(32-25)20-3-6-22(29)7-4-20)18-27(36)34-13-11-33(12-14-34)26-16-23(37-2)9-10-31-26/h3-10,15-17H,11-14,18H2,1-2H3. The molecule has 1 fully saturated rings. The molecule has 0 spiro atoms. The van der Waals surface area contributed by atoms with E-state index >= 15 is 0 Å². The van der Waals surface area contributed by atoms with Crippen molar-refractivity contribution in [1.82, 2.24) is 19.4 Å². The first-order chi connectivity index (χ1) is 17.9. The summed E-state index contributed by atoms with van der Waals surface area (Å²) in [5.74, 6) is 1.42. The monoisotopic (exact) mass is 503 g/mol. The number of piperazine rings is 1. The number of carbonyl (C=O) groups excluding carboxylic acids is 1. The molecule has 2 aromatic heterocycles. The number of ether oxygens (including phenoxy) is 1. The van der Waals surface area contributed by atoms with Crippen LogP contribution >= 0.6 is 0 Å². The maximum absolute atomic E-state index is 13.8. The summed E-state index contributed by atoms with van der Waals surface area (Å²) < 4.78 is 34.5. The van der Waals surface area contributed by atoms with E-state index in [1.54, 1.807) is 61.3 Å². The van der Waals surface area contributed by atoms with E-state index in [9.17, 15) is 13.6 Å². The number of aryl methyl sites for hydroxylation is 1. The highest BCUT2D eigenvalue weighted by molar-refractivity contribution is 5.78. The first-order valence-electron chi connectivity index (χ1n) is 12.0. The number of methoxy groups -OCH3 is 1. The van der Waals surface area contributed by atoms with Gasteiger partial charge in [0.2, 0.25) is 5.91 Å². The molecule has 1 saturated heterocycles. The van der Waals surface area contributed by atoms with E-state index < -0.39 is 0 Å². The number of nitrogens with zero attached hydrogens (tertiary/aromatic N) is 5. The van der Waals surface area contributed by atoms with Gasteiger partial charge in [-0.25, -0.2) is 18.7 Å².